The molecule has 2 unspecified atom stereocenters. The van der Waals surface area contributed by atoms with Gasteiger partial charge in [-0.15, -0.1) is 0 Å². The van der Waals surface area contributed by atoms with Crippen LogP contribution < -0.4 is 16.0 Å². The third-order valence-corrected chi connectivity index (χ3v) is 23.1. The maximum absolute atomic E-state index is 13.7. The summed E-state index contributed by atoms with van der Waals surface area (Å²) >= 11 is 24.8. The Bertz CT molecular complexity index is 3200. The molecule has 8 fully saturated rings. The fraction of sp³-hybridized carbons (Fsp3) is 0.747. The van der Waals surface area contributed by atoms with Gasteiger partial charge in [0, 0.05) is 168 Å². The molecule has 10 rings (SSSR count). The van der Waals surface area contributed by atoms with Crippen molar-refractivity contribution in [2.24, 2.45) is 23.7 Å². The van der Waals surface area contributed by atoms with Crippen molar-refractivity contribution in [3.05, 3.63) is 67.6 Å². The molecule has 107 heavy (non-hydrogen) atoms. The van der Waals surface area contributed by atoms with Crippen LogP contribution in [-0.4, -0.2) is 276 Å². The number of esters is 1. The minimum Gasteiger partial charge on any atom is -0.481 e. The van der Waals surface area contributed by atoms with E-state index in [1.54, 1.807) is 87.7 Å². The molecule has 10 atom stereocenters. The van der Waals surface area contributed by atoms with Crippen molar-refractivity contribution in [3.63, 3.8) is 0 Å². The van der Waals surface area contributed by atoms with Crippen molar-refractivity contribution in [2.75, 3.05) is 125 Å². The molecule has 5 amide bonds. The van der Waals surface area contributed by atoms with E-state index in [1.165, 1.54) is 19.3 Å². The Morgan fingerprint density at radius 2 is 0.757 bits per heavy atom. The average molecular weight is 1580 g/mol. The van der Waals surface area contributed by atoms with Gasteiger partial charge in [-0.2, -0.15) is 0 Å². The Labute approximate surface area is 656 Å². The van der Waals surface area contributed by atoms with Crippen LogP contribution in [0.15, 0.2) is 36.4 Å². The van der Waals surface area contributed by atoms with E-state index in [1.807, 2.05) is 20.8 Å². The molecule has 0 bridgehead atoms. The quantitative estimate of drug-likeness (QED) is 0.0686. The van der Waals surface area contributed by atoms with Gasteiger partial charge in [-0.05, 0) is 163 Å². The molecule has 5 N–H and O–H groups in total. The summed E-state index contributed by atoms with van der Waals surface area (Å²) in [7, 11) is 4.30. The van der Waals surface area contributed by atoms with Crippen molar-refractivity contribution < 1.29 is 62.8 Å². The molecule has 4 aliphatic heterocycles. The number of carbonyl (C=O) groups excluding carboxylic acids is 6. The number of carboxylic acids is 2. The molecule has 0 spiro atoms. The topological polar surface area (TPSA) is 267 Å². The fourth-order valence-electron chi connectivity index (χ4n) is 16.4. The van der Waals surface area contributed by atoms with E-state index in [0.717, 1.165) is 129 Å². The monoisotopic (exact) mass is 1580 g/mol. The molecule has 602 valence electrons. The summed E-state index contributed by atoms with van der Waals surface area (Å²) in [5.74, 6) is -1.98. The highest BCUT2D eigenvalue weighted by molar-refractivity contribution is 6.35. The maximum atomic E-state index is 13.7. The van der Waals surface area contributed by atoms with Crippen molar-refractivity contribution >= 4 is 94.2 Å². The third kappa shape index (κ3) is 28.5. The molecule has 8 aliphatic rings. The lowest BCUT2D eigenvalue weighted by Crippen LogP contribution is -2.59. The number of aliphatic carboxylic acids is 2. The van der Waals surface area contributed by atoms with E-state index in [9.17, 15) is 48.6 Å². The molecule has 4 saturated carbocycles. The number of hydrogen-bond donors (Lipinski definition) is 5. The second kappa shape index (κ2) is 42.9. The van der Waals surface area contributed by atoms with E-state index in [0.29, 0.717) is 109 Å². The smallest absolute Gasteiger partial charge is 0.408 e. The molecule has 4 heterocycles. The van der Waals surface area contributed by atoms with Crippen LogP contribution in [0.1, 0.15) is 176 Å². The van der Waals surface area contributed by atoms with Crippen LogP contribution in [-0.2, 0) is 55.8 Å². The number of halogens is 4. The van der Waals surface area contributed by atoms with Crippen LogP contribution in [0, 0.1) is 23.7 Å². The van der Waals surface area contributed by atoms with Crippen molar-refractivity contribution in [3.8, 4) is 0 Å². The van der Waals surface area contributed by atoms with E-state index in [2.05, 4.69) is 59.4 Å². The highest BCUT2D eigenvalue weighted by atomic mass is 35.5. The second-order valence-electron chi connectivity index (χ2n) is 32.6. The molecule has 4 aliphatic carbocycles. The number of likely N-dealkylation sites (N-methyl/N-ethyl adjacent to an activating group) is 2. The Morgan fingerprint density at radius 3 is 1.07 bits per heavy atom. The number of carbonyl (C=O) groups is 8. The number of rotatable bonds is 18. The summed E-state index contributed by atoms with van der Waals surface area (Å²) in [4.78, 5) is 118. The summed E-state index contributed by atoms with van der Waals surface area (Å²) < 4.78 is 16.1. The lowest BCUT2D eigenvalue weighted by atomic mass is 9.82. The van der Waals surface area contributed by atoms with Gasteiger partial charge in [0.2, 0.25) is 17.7 Å². The van der Waals surface area contributed by atoms with Crippen LogP contribution in [0.3, 0.4) is 0 Å². The van der Waals surface area contributed by atoms with Gasteiger partial charge in [-0.1, -0.05) is 110 Å². The minimum absolute atomic E-state index is 0.00191. The number of benzene rings is 2. The third-order valence-electron chi connectivity index (χ3n) is 22.0. The highest BCUT2D eigenvalue weighted by Crippen LogP contribution is 2.35. The van der Waals surface area contributed by atoms with Gasteiger partial charge in [-0.25, -0.2) is 9.59 Å². The van der Waals surface area contributed by atoms with Crippen LogP contribution in [0.5, 0.6) is 0 Å². The summed E-state index contributed by atoms with van der Waals surface area (Å²) in [5.41, 5.74) is 0.00238. The zero-order chi connectivity index (χ0) is 78.3. The van der Waals surface area contributed by atoms with Crippen molar-refractivity contribution in [1.29, 1.82) is 0 Å². The van der Waals surface area contributed by atoms with Gasteiger partial charge >= 0.3 is 30.1 Å². The van der Waals surface area contributed by atoms with Gasteiger partial charge < -0.3 is 60.0 Å². The molecule has 0 radical (unpaired) electrons. The summed E-state index contributed by atoms with van der Waals surface area (Å²) in [6.07, 6.45) is 15.5. The number of nitrogens with zero attached hydrogens (tertiary/aromatic N) is 8. The first-order valence-corrected chi connectivity index (χ1v) is 40.9. The summed E-state index contributed by atoms with van der Waals surface area (Å²) in [6, 6.07) is 9.47. The van der Waals surface area contributed by atoms with E-state index in [-0.39, 0.29) is 78.3 Å². The van der Waals surface area contributed by atoms with Gasteiger partial charge in [0.05, 0.1) is 30.3 Å². The van der Waals surface area contributed by atoms with Crippen molar-refractivity contribution in [2.45, 2.75) is 231 Å². The van der Waals surface area contributed by atoms with Crippen LogP contribution in [0.25, 0.3) is 0 Å². The maximum Gasteiger partial charge on any atom is 0.408 e. The number of alkyl carbamates (subject to hydrolysis) is 2. The average Bonchev–Trinajstić information content (AvgIpc) is 0.823. The molecule has 4 saturated heterocycles. The number of amides is 5. The number of piperazine rings is 4. The predicted octanol–water partition coefficient (Wildman–Crippen LogP) is 11.1. The molecule has 28 heteroatoms. The number of nitrogens with one attached hydrogen (secondary N) is 3. The van der Waals surface area contributed by atoms with Crippen LogP contribution >= 0.6 is 46.4 Å². The zero-order valence-corrected chi connectivity index (χ0v) is 68.6. The SMILES string of the molecule is CC(C)(C)OC(=O)NC(Cc1ccc(Cl)cc1Cl)C(=O)N1CCN([C@@H]2CCCC[C@H]2C(=O)O)CC1.CC(C)NC(=O)[C@@H]1CCCC[C@H]1N1CCN(C(=O)C(Cc2ccc(Cl)cc2Cl)NC(=O)OC(C)(C)C)CC1.CCOC(=O)[C@@H]1CCCC[C@H]1N1CCN(C)CC1.CN1CCN([C@@H]2CCCC[C@H]2C(=O)O)CC1. The molecule has 0 aromatic heterocycles. The predicted molar refractivity (Wildman–Crippen MR) is 419 cm³/mol. The van der Waals surface area contributed by atoms with Crippen LogP contribution in [0.4, 0.5) is 9.59 Å². The first kappa shape index (κ1) is 88.9. The first-order chi connectivity index (χ1) is 50.7. The van der Waals surface area contributed by atoms with Crippen LogP contribution in [0.2, 0.25) is 20.1 Å². The van der Waals surface area contributed by atoms with E-state index < -0.39 is 47.4 Å². The number of ether oxygens (including phenoxy) is 3. The van der Waals surface area contributed by atoms with Crippen molar-refractivity contribution in [1.82, 2.24) is 55.1 Å². The Balaban J connectivity index is 0.000000211. The first-order valence-electron chi connectivity index (χ1n) is 39.4. The molecular formula is C79H125Cl4N11O13. The highest BCUT2D eigenvalue weighted by Gasteiger charge is 2.42. The van der Waals surface area contributed by atoms with Gasteiger partial charge in [-0.3, -0.25) is 48.4 Å². The molecular weight excluding hydrogens is 1450 g/mol. The van der Waals surface area contributed by atoms with Gasteiger partial charge in [0.25, 0.3) is 0 Å². The number of hydrogen-bond acceptors (Lipinski definition) is 17. The molecule has 24 nitrogen and oxygen atoms in total. The zero-order valence-electron chi connectivity index (χ0n) is 65.5. The second-order valence-corrected chi connectivity index (χ2v) is 34.3. The largest absolute Gasteiger partial charge is 0.481 e. The minimum atomic E-state index is -0.864. The van der Waals surface area contributed by atoms with E-state index in [4.69, 9.17) is 60.6 Å². The molecule has 2 aromatic rings. The normalized spacial score (nSPS) is 25.3. The lowest BCUT2D eigenvalue weighted by Gasteiger charge is -2.44. The Morgan fingerprint density at radius 1 is 0.449 bits per heavy atom. The Kier molecular flexibility index (Phi) is 35.7. The standard InChI is InChI=1S/C28H42Cl2N4O4.C25H35Cl2N3O5.C14H26N2O2.C12H22N2O2/c1-18(2)31-25(35)21-8-6-7-9-24(21)33-12-14-34(15-13-33)26(36)23(32-27(37)38-28(3,4)5)16-19-10-11-20(29)17-22(19)30;1-25(2,3)35-24(34)28-20(14-16-8-9-17(26)15-19(16)27)22(31)30-12-10-29(11-13-30)21-7-5-4-6-18(21)23(32)33;1-3-18-14(17)12-6-4-5-7-13(12)16-10-8-15(2)9-11-16;1-13-6-8-14(9-7-13)11-5-3-2-4-10(11)12(15)16/h10-11,17-18,21,23-24H,6-9,12-16H2,1-5H3,(H,31,35)(H,32,37);8-9,15,18,20-21H,4-7,10-14H2,1-3H3,(H,28,34)(H,32,33);12-13H,3-11H2,1-2H3;10-11H,2-9H2,1H3,(H,15,16)/t21-,23?,24-;18-,20?,21-;12-,13-;10-,11-/m1111/s1. The lowest BCUT2D eigenvalue weighted by molar-refractivity contribution is -0.152. The number of carboxylic acid groups (broad SMARTS) is 2. The van der Waals surface area contributed by atoms with E-state index >= 15 is 0 Å². The fourth-order valence-corrected chi connectivity index (χ4v) is 17.4. The summed E-state index contributed by atoms with van der Waals surface area (Å²) in [6.45, 7) is 30.1. The Hall–Kier alpha value is -5.28. The molecule has 2 aromatic carbocycles. The summed E-state index contributed by atoms with van der Waals surface area (Å²) in [5, 5.41) is 29.3. The van der Waals surface area contributed by atoms with Gasteiger partial charge in [0.15, 0.2) is 0 Å². The van der Waals surface area contributed by atoms with Gasteiger partial charge in [0.1, 0.15) is 23.3 Å².